The Morgan fingerprint density at radius 2 is 2.24 bits per heavy atom. The van der Waals surface area contributed by atoms with Crippen molar-refractivity contribution in [2.75, 3.05) is 20.1 Å². The smallest absolute Gasteiger partial charge is 0.220 e. The van der Waals surface area contributed by atoms with E-state index in [-0.39, 0.29) is 11.8 Å². The Balaban J connectivity index is 1.82. The van der Waals surface area contributed by atoms with Crippen molar-refractivity contribution >= 4 is 21.0 Å². The summed E-state index contributed by atoms with van der Waals surface area (Å²) < 4.78 is 31.9. The standard InChI is InChI=1S/C14H19N3O3S/c1-15-11-5-4-8-17(9-11)21(18,19)10-13-12-6-2-3-7-14(12)20-16-13/h2-3,6-7,11,15H,4-5,8-10H2,1H3. The first-order valence-corrected chi connectivity index (χ1v) is 8.69. The summed E-state index contributed by atoms with van der Waals surface area (Å²) in [6, 6.07) is 7.55. The van der Waals surface area contributed by atoms with Gasteiger partial charge >= 0.3 is 0 Å². The van der Waals surface area contributed by atoms with E-state index in [2.05, 4.69) is 10.5 Å². The van der Waals surface area contributed by atoms with Gasteiger partial charge in [-0.1, -0.05) is 17.3 Å². The van der Waals surface area contributed by atoms with Gasteiger partial charge in [0, 0.05) is 24.5 Å². The van der Waals surface area contributed by atoms with Crippen molar-refractivity contribution < 1.29 is 12.9 Å². The fraction of sp³-hybridized carbons (Fsp3) is 0.500. The highest BCUT2D eigenvalue weighted by Gasteiger charge is 2.29. The lowest BCUT2D eigenvalue weighted by molar-refractivity contribution is 0.292. The third-order valence-electron chi connectivity index (χ3n) is 3.96. The molecule has 1 atom stereocenters. The van der Waals surface area contributed by atoms with Crippen LogP contribution in [0.3, 0.4) is 0 Å². The van der Waals surface area contributed by atoms with E-state index in [9.17, 15) is 8.42 Å². The Bertz CT molecular complexity index is 726. The van der Waals surface area contributed by atoms with Crippen molar-refractivity contribution in [3.63, 3.8) is 0 Å². The zero-order valence-corrected chi connectivity index (χ0v) is 12.8. The van der Waals surface area contributed by atoms with Crippen LogP contribution in [0.5, 0.6) is 0 Å². The first kappa shape index (κ1) is 14.5. The van der Waals surface area contributed by atoms with Gasteiger partial charge in [0.2, 0.25) is 10.0 Å². The zero-order valence-electron chi connectivity index (χ0n) is 11.9. The lowest BCUT2D eigenvalue weighted by atomic mass is 10.1. The molecule has 114 valence electrons. The van der Waals surface area contributed by atoms with Crippen LogP contribution in [0.25, 0.3) is 11.0 Å². The SMILES string of the molecule is CNC1CCCN(S(=O)(=O)Cc2noc3ccccc23)C1. The lowest BCUT2D eigenvalue weighted by Gasteiger charge is -2.31. The number of hydrogen-bond donors (Lipinski definition) is 1. The van der Waals surface area contributed by atoms with E-state index in [0.717, 1.165) is 18.2 Å². The molecule has 0 spiro atoms. The molecule has 0 radical (unpaired) electrons. The van der Waals surface area contributed by atoms with Gasteiger partial charge in [0.05, 0.1) is 0 Å². The highest BCUT2D eigenvalue weighted by Crippen LogP contribution is 2.22. The Labute approximate surface area is 124 Å². The second-order valence-electron chi connectivity index (χ2n) is 5.37. The molecule has 6 nitrogen and oxygen atoms in total. The van der Waals surface area contributed by atoms with Crippen LogP contribution >= 0.6 is 0 Å². The quantitative estimate of drug-likeness (QED) is 0.922. The highest BCUT2D eigenvalue weighted by molar-refractivity contribution is 7.88. The van der Waals surface area contributed by atoms with Gasteiger partial charge in [0.15, 0.2) is 5.58 Å². The molecule has 1 aliphatic heterocycles. The molecule has 1 aromatic heterocycles. The molecular weight excluding hydrogens is 290 g/mol. The maximum absolute atomic E-state index is 12.6. The number of nitrogens with one attached hydrogen (secondary N) is 1. The molecule has 1 saturated heterocycles. The fourth-order valence-corrected chi connectivity index (χ4v) is 4.29. The number of rotatable bonds is 4. The van der Waals surface area contributed by atoms with Crippen LogP contribution in [-0.4, -0.2) is 44.1 Å². The molecule has 3 rings (SSSR count). The van der Waals surface area contributed by atoms with Crippen molar-refractivity contribution in [1.29, 1.82) is 0 Å². The van der Waals surface area contributed by atoms with Gasteiger partial charge in [0.1, 0.15) is 11.4 Å². The van der Waals surface area contributed by atoms with E-state index in [1.54, 1.807) is 10.4 Å². The number of benzene rings is 1. The highest BCUT2D eigenvalue weighted by atomic mass is 32.2. The first-order valence-electron chi connectivity index (χ1n) is 7.08. The van der Waals surface area contributed by atoms with Crippen molar-refractivity contribution in [1.82, 2.24) is 14.8 Å². The molecule has 2 aromatic rings. The van der Waals surface area contributed by atoms with Crippen molar-refractivity contribution in [2.45, 2.75) is 24.6 Å². The average Bonchev–Trinajstić information content (AvgIpc) is 2.90. The van der Waals surface area contributed by atoms with E-state index >= 15 is 0 Å². The number of likely N-dealkylation sites (N-methyl/N-ethyl adjacent to an activating group) is 1. The van der Waals surface area contributed by atoms with Crippen LogP contribution in [0.1, 0.15) is 18.5 Å². The van der Waals surface area contributed by atoms with Crippen LogP contribution in [0.4, 0.5) is 0 Å². The largest absolute Gasteiger partial charge is 0.356 e. The molecule has 21 heavy (non-hydrogen) atoms. The summed E-state index contributed by atoms with van der Waals surface area (Å²) >= 11 is 0. The summed E-state index contributed by atoms with van der Waals surface area (Å²) in [5, 5.41) is 7.84. The van der Waals surface area contributed by atoms with Crippen LogP contribution < -0.4 is 5.32 Å². The van der Waals surface area contributed by atoms with Crippen molar-refractivity contribution in [2.24, 2.45) is 0 Å². The van der Waals surface area contributed by atoms with Crippen LogP contribution in [0.15, 0.2) is 28.8 Å². The zero-order chi connectivity index (χ0) is 14.9. The van der Waals surface area contributed by atoms with E-state index in [1.807, 2.05) is 25.2 Å². The molecule has 1 N–H and O–H groups in total. The molecule has 0 aliphatic carbocycles. The second kappa shape index (κ2) is 5.75. The van der Waals surface area contributed by atoms with E-state index in [0.29, 0.717) is 24.4 Å². The third-order valence-corrected chi connectivity index (χ3v) is 5.71. The van der Waals surface area contributed by atoms with Gasteiger partial charge in [0.25, 0.3) is 0 Å². The molecule has 1 aliphatic rings. The predicted octanol–water partition coefficient (Wildman–Crippen LogP) is 1.34. The van der Waals surface area contributed by atoms with E-state index < -0.39 is 10.0 Å². The monoisotopic (exact) mass is 309 g/mol. The van der Waals surface area contributed by atoms with E-state index in [4.69, 9.17) is 4.52 Å². The third kappa shape index (κ3) is 2.95. The number of nitrogens with zero attached hydrogens (tertiary/aromatic N) is 2. The lowest BCUT2D eigenvalue weighted by Crippen LogP contribution is -2.47. The molecule has 0 bridgehead atoms. The Kier molecular flexibility index (Phi) is 3.97. The van der Waals surface area contributed by atoms with Gasteiger partial charge in [-0.25, -0.2) is 12.7 Å². The summed E-state index contributed by atoms with van der Waals surface area (Å²) in [5.74, 6) is -0.111. The number of aromatic nitrogens is 1. The summed E-state index contributed by atoms with van der Waals surface area (Å²) in [6.45, 7) is 1.10. The molecule has 1 unspecified atom stereocenters. The van der Waals surface area contributed by atoms with Gasteiger partial charge < -0.3 is 9.84 Å². The normalized spacial score (nSPS) is 20.9. The van der Waals surface area contributed by atoms with Crippen LogP contribution in [0.2, 0.25) is 0 Å². The minimum absolute atomic E-state index is 0.111. The molecule has 2 heterocycles. The molecule has 1 aromatic carbocycles. The number of hydrogen-bond acceptors (Lipinski definition) is 5. The summed E-state index contributed by atoms with van der Waals surface area (Å²) in [7, 11) is -1.50. The predicted molar refractivity (Wildman–Crippen MR) is 80.3 cm³/mol. The second-order valence-corrected chi connectivity index (χ2v) is 7.34. The number of piperidine rings is 1. The number of sulfonamides is 1. The van der Waals surface area contributed by atoms with Crippen molar-refractivity contribution in [3.05, 3.63) is 30.0 Å². The van der Waals surface area contributed by atoms with Crippen LogP contribution in [0, 0.1) is 0 Å². The maximum atomic E-state index is 12.6. The maximum Gasteiger partial charge on any atom is 0.220 e. The van der Waals surface area contributed by atoms with Gasteiger partial charge in [-0.3, -0.25) is 0 Å². The minimum Gasteiger partial charge on any atom is -0.356 e. The number of fused-ring (bicyclic) bond motifs is 1. The first-order chi connectivity index (χ1) is 10.1. The topological polar surface area (TPSA) is 75.4 Å². The summed E-state index contributed by atoms with van der Waals surface area (Å²) in [4.78, 5) is 0. The average molecular weight is 309 g/mol. The molecule has 0 saturated carbocycles. The van der Waals surface area contributed by atoms with Gasteiger partial charge in [-0.2, -0.15) is 0 Å². The van der Waals surface area contributed by atoms with Crippen molar-refractivity contribution in [3.8, 4) is 0 Å². The van der Waals surface area contributed by atoms with E-state index in [1.165, 1.54) is 0 Å². The van der Waals surface area contributed by atoms with Crippen LogP contribution in [-0.2, 0) is 15.8 Å². The minimum atomic E-state index is -3.37. The fourth-order valence-electron chi connectivity index (χ4n) is 2.74. The molecular formula is C14H19N3O3S. The molecule has 7 heteroatoms. The number of para-hydroxylation sites is 1. The Morgan fingerprint density at radius 3 is 3.05 bits per heavy atom. The molecule has 1 fully saturated rings. The van der Waals surface area contributed by atoms with Gasteiger partial charge in [-0.05, 0) is 32.0 Å². The summed E-state index contributed by atoms with van der Waals surface area (Å²) in [5.41, 5.74) is 1.10. The summed E-state index contributed by atoms with van der Waals surface area (Å²) in [6.07, 6.45) is 1.89. The molecule has 0 amide bonds. The Morgan fingerprint density at radius 1 is 1.43 bits per heavy atom. The Hall–Kier alpha value is -1.44. The van der Waals surface area contributed by atoms with Gasteiger partial charge in [-0.15, -0.1) is 0 Å².